The molecule has 15 heavy (non-hydrogen) atoms. The van der Waals surface area contributed by atoms with Crippen LogP contribution >= 0.6 is 0 Å². The fourth-order valence-corrected chi connectivity index (χ4v) is 4.23. The maximum atomic E-state index is 11.4. The van der Waals surface area contributed by atoms with Crippen molar-refractivity contribution in [2.75, 3.05) is 0 Å². The SMILES string of the molecule is C[C@]12CC34C=CC(=O)C=C3C(CC1C4)O2. The summed E-state index contributed by atoms with van der Waals surface area (Å²) in [5.74, 6) is 0.843. The summed E-state index contributed by atoms with van der Waals surface area (Å²) in [6, 6.07) is 0. The summed E-state index contributed by atoms with van der Waals surface area (Å²) in [4.78, 5) is 11.4. The van der Waals surface area contributed by atoms with E-state index in [4.69, 9.17) is 4.74 Å². The molecule has 2 saturated carbocycles. The lowest BCUT2D eigenvalue weighted by Gasteiger charge is -2.42. The van der Waals surface area contributed by atoms with E-state index in [1.165, 1.54) is 12.0 Å². The Hall–Kier alpha value is -0.890. The lowest BCUT2D eigenvalue weighted by atomic mass is 9.68. The molecule has 0 aromatic carbocycles. The maximum absolute atomic E-state index is 11.4. The van der Waals surface area contributed by atoms with E-state index >= 15 is 0 Å². The highest BCUT2D eigenvalue weighted by atomic mass is 16.5. The highest BCUT2D eigenvalue weighted by Crippen LogP contribution is 2.67. The molecule has 2 aliphatic heterocycles. The molecule has 4 bridgehead atoms. The lowest BCUT2D eigenvalue weighted by Crippen LogP contribution is -2.39. The minimum absolute atomic E-state index is 0.0900. The molecule has 2 nitrogen and oxygen atoms in total. The van der Waals surface area contributed by atoms with Gasteiger partial charge >= 0.3 is 0 Å². The van der Waals surface area contributed by atoms with Gasteiger partial charge in [0.15, 0.2) is 5.78 Å². The molecule has 0 radical (unpaired) electrons. The molecular weight excluding hydrogens is 188 g/mol. The van der Waals surface area contributed by atoms with E-state index in [1.54, 1.807) is 6.08 Å². The fourth-order valence-electron chi connectivity index (χ4n) is 4.23. The van der Waals surface area contributed by atoms with Crippen LogP contribution in [0.5, 0.6) is 0 Å². The van der Waals surface area contributed by atoms with Gasteiger partial charge in [-0.15, -0.1) is 0 Å². The first-order chi connectivity index (χ1) is 7.11. The average molecular weight is 202 g/mol. The molecule has 2 heteroatoms. The highest BCUT2D eigenvalue weighted by Gasteiger charge is 2.65. The van der Waals surface area contributed by atoms with Crippen LogP contribution in [0.1, 0.15) is 26.2 Å². The zero-order valence-corrected chi connectivity index (χ0v) is 8.82. The Morgan fingerprint density at radius 2 is 2.40 bits per heavy atom. The Balaban J connectivity index is 1.92. The second kappa shape index (κ2) is 2.12. The van der Waals surface area contributed by atoms with Crippen LogP contribution in [0.15, 0.2) is 23.8 Å². The minimum Gasteiger partial charge on any atom is -0.367 e. The molecule has 5 aliphatic rings. The van der Waals surface area contributed by atoms with Crippen LogP contribution in [0.3, 0.4) is 0 Å². The summed E-state index contributed by atoms with van der Waals surface area (Å²) in [7, 11) is 0. The van der Waals surface area contributed by atoms with Crippen LogP contribution in [-0.4, -0.2) is 17.5 Å². The number of allylic oxidation sites excluding steroid dienone is 3. The molecule has 4 fully saturated rings. The zero-order valence-electron chi connectivity index (χ0n) is 8.82. The third-order valence-electron chi connectivity index (χ3n) is 4.84. The average Bonchev–Trinajstić information content (AvgIpc) is 2.54. The van der Waals surface area contributed by atoms with Gasteiger partial charge < -0.3 is 4.74 Å². The first-order valence-corrected chi connectivity index (χ1v) is 5.74. The van der Waals surface area contributed by atoms with Crippen LogP contribution in [0, 0.1) is 11.3 Å². The largest absolute Gasteiger partial charge is 0.367 e. The van der Waals surface area contributed by atoms with Gasteiger partial charge in [0, 0.05) is 5.41 Å². The number of carbonyl (C=O) groups is 1. The molecule has 3 aliphatic carbocycles. The van der Waals surface area contributed by atoms with Crippen molar-refractivity contribution in [2.45, 2.75) is 37.9 Å². The van der Waals surface area contributed by atoms with Crippen LogP contribution in [-0.2, 0) is 9.53 Å². The highest BCUT2D eigenvalue weighted by molar-refractivity contribution is 6.01. The van der Waals surface area contributed by atoms with E-state index in [2.05, 4.69) is 13.0 Å². The monoisotopic (exact) mass is 202 g/mol. The molecule has 78 valence electrons. The molecule has 4 atom stereocenters. The summed E-state index contributed by atoms with van der Waals surface area (Å²) in [5.41, 5.74) is 1.54. The molecule has 0 aromatic rings. The maximum Gasteiger partial charge on any atom is 0.178 e. The number of hydrogen-bond donors (Lipinski definition) is 0. The third kappa shape index (κ3) is 0.795. The van der Waals surface area contributed by atoms with Crippen molar-refractivity contribution in [1.82, 2.24) is 0 Å². The van der Waals surface area contributed by atoms with E-state index in [1.807, 2.05) is 6.08 Å². The summed E-state index contributed by atoms with van der Waals surface area (Å²) in [6.45, 7) is 2.24. The van der Waals surface area contributed by atoms with Crippen molar-refractivity contribution in [3.8, 4) is 0 Å². The molecule has 2 saturated heterocycles. The summed E-state index contributed by atoms with van der Waals surface area (Å²) in [6.07, 6.45) is 9.36. The van der Waals surface area contributed by atoms with E-state index < -0.39 is 0 Å². The smallest absolute Gasteiger partial charge is 0.178 e. The third-order valence-corrected chi connectivity index (χ3v) is 4.84. The number of hydrogen-bond acceptors (Lipinski definition) is 2. The second-order valence-electron chi connectivity index (χ2n) is 5.72. The first-order valence-electron chi connectivity index (χ1n) is 5.74. The lowest BCUT2D eigenvalue weighted by molar-refractivity contribution is -0.111. The normalized spacial score (nSPS) is 54.7. The van der Waals surface area contributed by atoms with Gasteiger partial charge in [-0.3, -0.25) is 4.79 Å². The van der Waals surface area contributed by atoms with Crippen molar-refractivity contribution < 1.29 is 9.53 Å². The molecule has 1 spiro atoms. The van der Waals surface area contributed by atoms with E-state index in [0.717, 1.165) is 12.8 Å². The Kier molecular flexibility index (Phi) is 1.17. The van der Waals surface area contributed by atoms with Crippen LogP contribution in [0.4, 0.5) is 0 Å². The van der Waals surface area contributed by atoms with Gasteiger partial charge in [-0.2, -0.15) is 0 Å². The van der Waals surface area contributed by atoms with Crippen molar-refractivity contribution in [3.63, 3.8) is 0 Å². The first kappa shape index (κ1) is 8.28. The van der Waals surface area contributed by atoms with Gasteiger partial charge in [-0.25, -0.2) is 0 Å². The number of carbonyl (C=O) groups excluding carboxylic acids is 1. The Bertz CT molecular complexity index is 434. The van der Waals surface area contributed by atoms with E-state index in [-0.39, 0.29) is 22.9 Å². The fraction of sp³-hybridized carbons (Fsp3) is 0.615. The molecule has 5 rings (SSSR count). The molecule has 2 heterocycles. The minimum atomic E-state index is 0.0900. The van der Waals surface area contributed by atoms with Crippen LogP contribution < -0.4 is 0 Å². The standard InChI is InChI=1S/C13H14O2/c1-12-7-13-3-2-9(14)5-10(13)11(15-12)4-8(12)6-13/h2-3,5,8,11H,4,6-7H2,1H3/t8?,11?,12-,13?/m0/s1. The quantitative estimate of drug-likeness (QED) is 0.600. The summed E-state index contributed by atoms with van der Waals surface area (Å²) >= 11 is 0. The molecule has 3 unspecified atom stereocenters. The molecular formula is C13H14O2. The van der Waals surface area contributed by atoms with Gasteiger partial charge in [0.2, 0.25) is 0 Å². The topological polar surface area (TPSA) is 26.3 Å². The number of ether oxygens (including phenoxy) is 1. The van der Waals surface area contributed by atoms with Crippen LogP contribution in [0.25, 0.3) is 0 Å². The van der Waals surface area contributed by atoms with Gasteiger partial charge in [0.25, 0.3) is 0 Å². The summed E-state index contributed by atoms with van der Waals surface area (Å²) < 4.78 is 6.10. The van der Waals surface area contributed by atoms with Gasteiger partial charge in [0.05, 0.1) is 11.7 Å². The van der Waals surface area contributed by atoms with Crippen LogP contribution in [0.2, 0.25) is 0 Å². The predicted molar refractivity (Wildman–Crippen MR) is 55.3 cm³/mol. The van der Waals surface area contributed by atoms with E-state index in [0.29, 0.717) is 5.92 Å². The summed E-state index contributed by atoms with van der Waals surface area (Å²) in [5, 5.41) is 0. The van der Waals surface area contributed by atoms with Crippen molar-refractivity contribution >= 4 is 5.78 Å². The Labute approximate surface area is 89.0 Å². The Morgan fingerprint density at radius 1 is 1.53 bits per heavy atom. The van der Waals surface area contributed by atoms with Crippen molar-refractivity contribution in [2.24, 2.45) is 11.3 Å². The number of ketones is 1. The number of rotatable bonds is 0. The predicted octanol–water partition coefficient (Wildman–Crippen LogP) is 2.01. The molecule has 0 amide bonds. The van der Waals surface area contributed by atoms with Gasteiger partial charge in [0.1, 0.15) is 0 Å². The molecule has 0 aromatic heterocycles. The van der Waals surface area contributed by atoms with Crippen molar-refractivity contribution in [3.05, 3.63) is 23.8 Å². The van der Waals surface area contributed by atoms with Gasteiger partial charge in [-0.1, -0.05) is 6.08 Å². The second-order valence-corrected chi connectivity index (χ2v) is 5.72. The zero-order chi connectivity index (χ0) is 10.3. The molecule has 0 N–H and O–H groups in total. The Morgan fingerprint density at radius 3 is 3.20 bits per heavy atom. The van der Waals surface area contributed by atoms with E-state index in [9.17, 15) is 4.79 Å². The van der Waals surface area contributed by atoms with Crippen molar-refractivity contribution in [1.29, 1.82) is 0 Å². The van der Waals surface area contributed by atoms with Gasteiger partial charge in [-0.05, 0) is 49.8 Å².